The number of morpholine rings is 1. The van der Waals surface area contributed by atoms with E-state index in [1.807, 2.05) is 30.3 Å². The van der Waals surface area contributed by atoms with Gasteiger partial charge in [-0.3, -0.25) is 0 Å². The van der Waals surface area contributed by atoms with Crippen LogP contribution >= 0.6 is 0 Å². The minimum Gasteiger partial charge on any atom is -0.491 e. The summed E-state index contributed by atoms with van der Waals surface area (Å²) in [4.78, 5) is 13.7. The van der Waals surface area contributed by atoms with Crippen LogP contribution in [0.3, 0.4) is 0 Å². The average molecular weight is 368 g/mol. The molecule has 2 fully saturated rings. The predicted molar refractivity (Wildman–Crippen MR) is 107 cm³/mol. The maximum Gasteiger partial charge on any atom is 0.134 e. The number of hydrogen-bond donors (Lipinski definition) is 0. The SMILES string of the molecule is CC1(C)CN(c2cc(N3CCCC3)ncn2)CC(COc2ccccc2)O1. The molecule has 6 nitrogen and oxygen atoms in total. The van der Waals surface area contributed by atoms with Gasteiger partial charge in [0, 0.05) is 32.2 Å². The number of ether oxygens (including phenoxy) is 2. The van der Waals surface area contributed by atoms with Crippen molar-refractivity contribution in [2.24, 2.45) is 0 Å². The number of rotatable bonds is 5. The summed E-state index contributed by atoms with van der Waals surface area (Å²) in [6, 6.07) is 12.0. The van der Waals surface area contributed by atoms with Gasteiger partial charge in [0.1, 0.15) is 36.4 Å². The van der Waals surface area contributed by atoms with Crippen LogP contribution in [0.5, 0.6) is 5.75 Å². The van der Waals surface area contributed by atoms with Crippen molar-refractivity contribution in [2.45, 2.75) is 38.4 Å². The lowest BCUT2D eigenvalue weighted by Gasteiger charge is -2.43. The third-order valence-corrected chi connectivity index (χ3v) is 5.05. The minimum atomic E-state index is -0.262. The first-order valence-electron chi connectivity index (χ1n) is 9.77. The van der Waals surface area contributed by atoms with Crippen molar-refractivity contribution in [3.63, 3.8) is 0 Å². The summed E-state index contributed by atoms with van der Waals surface area (Å²) in [7, 11) is 0. The van der Waals surface area contributed by atoms with Gasteiger partial charge in [0.15, 0.2) is 0 Å². The molecule has 3 heterocycles. The lowest BCUT2D eigenvalue weighted by Crippen LogP contribution is -2.54. The summed E-state index contributed by atoms with van der Waals surface area (Å²) in [6.45, 7) is 8.48. The molecule has 0 N–H and O–H groups in total. The van der Waals surface area contributed by atoms with Crippen LogP contribution in [0.25, 0.3) is 0 Å². The van der Waals surface area contributed by atoms with Crippen molar-refractivity contribution in [1.29, 1.82) is 0 Å². The fourth-order valence-corrected chi connectivity index (χ4v) is 3.89. The van der Waals surface area contributed by atoms with Crippen molar-refractivity contribution in [1.82, 2.24) is 9.97 Å². The van der Waals surface area contributed by atoms with E-state index in [1.165, 1.54) is 12.8 Å². The Labute approximate surface area is 161 Å². The van der Waals surface area contributed by atoms with Gasteiger partial charge in [0.05, 0.1) is 5.60 Å². The number of anilines is 2. The van der Waals surface area contributed by atoms with E-state index in [9.17, 15) is 0 Å². The highest BCUT2D eigenvalue weighted by Gasteiger charge is 2.34. The molecule has 144 valence electrons. The molecule has 0 bridgehead atoms. The standard InChI is InChI=1S/C21H28N4O2/c1-21(2)15-25(13-18(27-21)14-26-17-8-4-3-5-9-17)20-12-19(22-16-23-20)24-10-6-7-11-24/h3-5,8-9,12,16,18H,6-7,10-11,13-15H2,1-2H3. The number of benzene rings is 1. The van der Waals surface area contributed by atoms with Gasteiger partial charge in [-0.1, -0.05) is 18.2 Å². The number of para-hydroxylation sites is 1. The maximum absolute atomic E-state index is 6.26. The first-order valence-corrected chi connectivity index (χ1v) is 9.77. The monoisotopic (exact) mass is 368 g/mol. The zero-order valence-corrected chi connectivity index (χ0v) is 16.2. The Morgan fingerprint density at radius 3 is 2.52 bits per heavy atom. The average Bonchev–Trinajstić information content (AvgIpc) is 3.21. The summed E-state index contributed by atoms with van der Waals surface area (Å²) >= 11 is 0. The molecule has 0 aliphatic carbocycles. The molecular formula is C21H28N4O2. The van der Waals surface area contributed by atoms with Crippen molar-refractivity contribution in [3.05, 3.63) is 42.7 Å². The second-order valence-corrected chi connectivity index (χ2v) is 7.93. The molecule has 1 aromatic heterocycles. The van der Waals surface area contributed by atoms with Crippen LogP contribution in [0.4, 0.5) is 11.6 Å². The maximum atomic E-state index is 6.26. The van der Waals surface area contributed by atoms with Crippen molar-refractivity contribution < 1.29 is 9.47 Å². The normalized spacial score (nSPS) is 22.1. The number of aromatic nitrogens is 2. The smallest absolute Gasteiger partial charge is 0.134 e. The number of hydrogen-bond acceptors (Lipinski definition) is 6. The topological polar surface area (TPSA) is 50.7 Å². The first-order chi connectivity index (χ1) is 13.1. The third-order valence-electron chi connectivity index (χ3n) is 5.05. The van der Waals surface area contributed by atoms with Crippen LogP contribution < -0.4 is 14.5 Å². The van der Waals surface area contributed by atoms with E-state index in [0.717, 1.165) is 43.6 Å². The molecule has 1 unspecified atom stereocenters. The molecule has 4 rings (SSSR count). The van der Waals surface area contributed by atoms with Crippen LogP contribution in [0, 0.1) is 0 Å². The van der Waals surface area contributed by atoms with E-state index in [4.69, 9.17) is 9.47 Å². The molecular weight excluding hydrogens is 340 g/mol. The van der Waals surface area contributed by atoms with Gasteiger partial charge in [0.2, 0.25) is 0 Å². The van der Waals surface area contributed by atoms with E-state index in [1.54, 1.807) is 6.33 Å². The highest BCUT2D eigenvalue weighted by molar-refractivity contribution is 5.51. The van der Waals surface area contributed by atoms with E-state index in [-0.39, 0.29) is 11.7 Å². The molecule has 6 heteroatoms. The van der Waals surface area contributed by atoms with E-state index in [0.29, 0.717) is 6.61 Å². The fraction of sp³-hybridized carbons (Fsp3) is 0.524. The molecule has 27 heavy (non-hydrogen) atoms. The van der Waals surface area contributed by atoms with Gasteiger partial charge < -0.3 is 19.3 Å². The Bertz CT molecular complexity index is 747. The molecule has 2 aromatic rings. The summed E-state index contributed by atoms with van der Waals surface area (Å²) < 4.78 is 12.2. The zero-order valence-electron chi connectivity index (χ0n) is 16.2. The summed E-state index contributed by atoms with van der Waals surface area (Å²) in [5.74, 6) is 2.86. The molecule has 0 saturated carbocycles. The Hall–Kier alpha value is -2.34. The van der Waals surface area contributed by atoms with Crippen LogP contribution in [0.1, 0.15) is 26.7 Å². The summed E-state index contributed by atoms with van der Waals surface area (Å²) in [6.07, 6.45) is 4.14. The van der Waals surface area contributed by atoms with Crippen molar-refractivity contribution >= 4 is 11.6 Å². The Morgan fingerprint density at radius 2 is 1.78 bits per heavy atom. The highest BCUT2D eigenvalue weighted by atomic mass is 16.5. The molecule has 2 aliphatic heterocycles. The molecule has 2 saturated heterocycles. The van der Waals surface area contributed by atoms with Gasteiger partial charge in [-0.2, -0.15) is 0 Å². The van der Waals surface area contributed by atoms with Gasteiger partial charge in [0.25, 0.3) is 0 Å². The van der Waals surface area contributed by atoms with Crippen LogP contribution in [0.2, 0.25) is 0 Å². The second kappa shape index (κ2) is 7.72. The van der Waals surface area contributed by atoms with Crippen molar-refractivity contribution in [2.75, 3.05) is 42.6 Å². The van der Waals surface area contributed by atoms with Gasteiger partial charge in [-0.15, -0.1) is 0 Å². The largest absolute Gasteiger partial charge is 0.491 e. The van der Waals surface area contributed by atoms with Gasteiger partial charge in [-0.05, 0) is 38.8 Å². The highest BCUT2D eigenvalue weighted by Crippen LogP contribution is 2.27. The summed E-state index contributed by atoms with van der Waals surface area (Å²) in [5, 5.41) is 0. The van der Waals surface area contributed by atoms with Crippen molar-refractivity contribution in [3.8, 4) is 5.75 Å². The quantitative estimate of drug-likeness (QED) is 0.808. The Kier molecular flexibility index (Phi) is 5.16. The van der Waals surface area contributed by atoms with E-state index in [2.05, 4.69) is 39.7 Å². The fourth-order valence-electron chi connectivity index (χ4n) is 3.89. The molecule has 1 aromatic carbocycles. The molecule has 1 atom stereocenters. The lowest BCUT2D eigenvalue weighted by molar-refractivity contribution is -0.0971. The van der Waals surface area contributed by atoms with Gasteiger partial charge in [-0.25, -0.2) is 9.97 Å². The minimum absolute atomic E-state index is 0.0147. The zero-order chi connectivity index (χ0) is 18.7. The van der Waals surface area contributed by atoms with Crippen LogP contribution in [-0.4, -0.2) is 54.5 Å². The van der Waals surface area contributed by atoms with Crippen LogP contribution in [-0.2, 0) is 4.74 Å². The molecule has 0 amide bonds. The van der Waals surface area contributed by atoms with Gasteiger partial charge >= 0.3 is 0 Å². The molecule has 0 radical (unpaired) electrons. The summed E-state index contributed by atoms with van der Waals surface area (Å²) in [5.41, 5.74) is -0.262. The van der Waals surface area contributed by atoms with Crippen LogP contribution in [0.15, 0.2) is 42.7 Å². The first kappa shape index (κ1) is 18.0. The van der Waals surface area contributed by atoms with E-state index >= 15 is 0 Å². The third kappa shape index (κ3) is 4.50. The Morgan fingerprint density at radius 1 is 1.07 bits per heavy atom. The molecule has 2 aliphatic rings. The van der Waals surface area contributed by atoms with E-state index < -0.39 is 0 Å². The lowest BCUT2D eigenvalue weighted by atomic mass is 10.1. The molecule has 0 spiro atoms. The predicted octanol–water partition coefficient (Wildman–Crippen LogP) is 3.14. The second-order valence-electron chi connectivity index (χ2n) is 7.93. The number of nitrogens with zero attached hydrogens (tertiary/aromatic N) is 4. The Balaban J connectivity index is 1.46.